The van der Waals surface area contributed by atoms with Crippen LogP contribution < -0.4 is 0 Å². The van der Waals surface area contributed by atoms with Crippen LogP contribution in [0.3, 0.4) is 0 Å². The summed E-state index contributed by atoms with van der Waals surface area (Å²) in [6, 6.07) is 0. The zero-order chi connectivity index (χ0) is 24.0. The van der Waals surface area contributed by atoms with Gasteiger partial charge in [-0.3, -0.25) is 4.99 Å². The number of hydrogen-bond acceptors (Lipinski definition) is 2. The molecular formula is C27H54N2. The van der Waals surface area contributed by atoms with Crippen LogP contribution in [0.15, 0.2) is 40.1 Å². The van der Waals surface area contributed by atoms with Crippen molar-refractivity contribution in [2.24, 2.45) is 22.2 Å². The molecule has 0 saturated carbocycles. The van der Waals surface area contributed by atoms with E-state index in [1.54, 1.807) is 0 Å². The summed E-state index contributed by atoms with van der Waals surface area (Å²) in [5.74, 6) is 1.02. The molecular weight excluding hydrogens is 352 g/mol. The van der Waals surface area contributed by atoms with Gasteiger partial charge in [0.2, 0.25) is 0 Å². The van der Waals surface area contributed by atoms with Crippen LogP contribution in [-0.2, 0) is 0 Å². The first kappa shape index (κ1) is 35.0. The first-order valence-corrected chi connectivity index (χ1v) is 12.0. The van der Waals surface area contributed by atoms with E-state index in [4.69, 9.17) is 10.4 Å². The van der Waals surface area contributed by atoms with E-state index in [0.717, 1.165) is 24.1 Å². The predicted octanol–water partition coefficient (Wildman–Crippen LogP) is 9.68. The summed E-state index contributed by atoms with van der Waals surface area (Å²) in [6.07, 6.45) is 12.0. The van der Waals surface area contributed by atoms with Gasteiger partial charge in [0.05, 0.1) is 5.70 Å². The molecule has 2 heteroatoms. The molecule has 0 fully saturated rings. The van der Waals surface area contributed by atoms with Crippen molar-refractivity contribution >= 4 is 12.4 Å². The highest BCUT2D eigenvalue weighted by Gasteiger charge is 2.20. The van der Waals surface area contributed by atoms with Gasteiger partial charge in [-0.1, -0.05) is 121 Å². The van der Waals surface area contributed by atoms with Crippen molar-refractivity contribution in [1.82, 2.24) is 0 Å². The molecule has 0 amide bonds. The SMILES string of the molecule is CC.CC.CC.CC.CCC1=C/C=C(C=N)\C(N=CC(C)C(C)C)=C/C(C)(C)C1. The zero-order valence-corrected chi connectivity index (χ0v) is 22.4. The predicted molar refractivity (Wildman–Crippen MR) is 140 cm³/mol. The molecule has 0 aliphatic heterocycles. The molecule has 0 aromatic rings. The lowest BCUT2D eigenvalue weighted by atomic mass is 9.82. The molecule has 0 aromatic heterocycles. The van der Waals surface area contributed by atoms with Crippen molar-refractivity contribution in [3.8, 4) is 0 Å². The molecule has 0 spiro atoms. The average molecular weight is 407 g/mol. The van der Waals surface area contributed by atoms with Crippen LogP contribution in [-0.4, -0.2) is 12.4 Å². The van der Waals surface area contributed by atoms with Crippen LogP contribution in [0.5, 0.6) is 0 Å². The minimum absolute atomic E-state index is 0.0676. The molecule has 1 unspecified atom stereocenters. The standard InChI is InChI=1S/C19H30N2.4C2H6/c1-7-16-8-9-17(12-20)18(11-19(5,6)10-16)21-13-15(4)14(2)3;4*1-2/h8-9,11-15,20H,7,10H2,1-6H3;4*1-2H3/b16-8?,17-9-,18-11+,20-12?,21-13?;;;;. The maximum atomic E-state index is 7.68. The third-order valence-corrected chi connectivity index (χ3v) is 4.11. The Morgan fingerprint density at radius 1 is 0.966 bits per heavy atom. The van der Waals surface area contributed by atoms with Gasteiger partial charge in [0.25, 0.3) is 0 Å². The Morgan fingerprint density at radius 3 is 1.83 bits per heavy atom. The van der Waals surface area contributed by atoms with Gasteiger partial charge >= 0.3 is 0 Å². The Labute approximate surface area is 185 Å². The summed E-state index contributed by atoms with van der Waals surface area (Å²) in [5, 5.41) is 7.68. The van der Waals surface area contributed by atoms with E-state index >= 15 is 0 Å². The van der Waals surface area contributed by atoms with Crippen LogP contribution in [0, 0.1) is 22.7 Å². The van der Waals surface area contributed by atoms with Crippen molar-refractivity contribution in [2.45, 2.75) is 110 Å². The summed E-state index contributed by atoms with van der Waals surface area (Å²) in [4.78, 5) is 4.69. The Bertz CT molecular complexity index is 489. The van der Waals surface area contributed by atoms with Gasteiger partial charge in [0.1, 0.15) is 0 Å². The number of allylic oxidation sites excluding steroid dienone is 5. The molecule has 29 heavy (non-hydrogen) atoms. The number of nitrogens with zero attached hydrogens (tertiary/aromatic N) is 1. The van der Waals surface area contributed by atoms with Crippen LogP contribution in [0.2, 0.25) is 0 Å². The zero-order valence-electron chi connectivity index (χ0n) is 22.4. The van der Waals surface area contributed by atoms with E-state index in [1.165, 1.54) is 11.8 Å². The van der Waals surface area contributed by atoms with E-state index in [-0.39, 0.29) is 5.41 Å². The van der Waals surface area contributed by atoms with Crippen molar-refractivity contribution in [3.63, 3.8) is 0 Å². The molecule has 172 valence electrons. The molecule has 1 aliphatic carbocycles. The molecule has 0 radical (unpaired) electrons. The second kappa shape index (κ2) is 22.8. The number of aliphatic imine (C=N–C) groups is 1. The van der Waals surface area contributed by atoms with Crippen molar-refractivity contribution in [2.75, 3.05) is 0 Å². The van der Waals surface area contributed by atoms with Crippen LogP contribution in [0.25, 0.3) is 0 Å². The normalized spacial score (nSPS) is 19.2. The van der Waals surface area contributed by atoms with Gasteiger partial charge < -0.3 is 5.41 Å². The Hall–Kier alpha value is -1.44. The largest absolute Gasteiger partial charge is 0.308 e. The molecule has 0 heterocycles. The molecule has 0 saturated heterocycles. The molecule has 1 aliphatic rings. The monoisotopic (exact) mass is 406 g/mol. The van der Waals surface area contributed by atoms with Crippen molar-refractivity contribution in [3.05, 3.63) is 35.1 Å². The van der Waals surface area contributed by atoms with Crippen molar-refractivity contribution < 1.29 is 0 Å². The topological polar surface area (TPSA) is 36.2 Å². The first-order chi connectivity index (χ1) is 13.8. The van der Waals surface area contributed by atoms with E-state index in [2.05, 4.69) is 53.7 Å². The van der Waals surface area contributed by atoms with Crippen LogP contribution in [0.1, 0.15) is 110 Å². The van der Waals surface area contributed by atoms with Gasteiger partial charge in [0.15, 0.2) is 0 Å². The van der Waals surface area contributed by atoms with Gasteiger partial charge in [-0.2, -0.15) is 0 Å². The van der Waals surface area contributed by atoms with Crippen LogP contribution >= 0.6 is 0 Å². The number of hydrogen-bond donors (Lipinski definition) is 1. The molecule has 0 bridgehead atoms. The van der Waals surface area contributed by atoms with Gasteiger partial charge in [-0.15, -0.1) is 0 Å². The fourth-order valence-corrected chi connectivity index (χ4v) is 2.29. The van der Waals surface area contributed by atoms with E-state index in [0.29, 0.717) is 11.8 Å². The van der Waals surface area contributed by atoms with Gasteiger partial charge in [0, 0.05) is 18.0 Å². The molecule has 1 atom stereocenters. The highest BCUT2D eigenvalue weighted by atomic mass is 14.7. The smallest absolute Gasteiger partial charge is 0.0679 e. The summed E-state index contributed by atoms with van der Waals surface area (Å²) < 4.78 is 0. The summed E-state index contributed by atoms with van der Waals surface area (Å²) in [7, 11) is 0. The Morgan fingerprint density at radius 2 is 1.45 bits per heavy atom. The second-order valence-electron chi connectivity index (χ2n) is 7.02. The fourth-order valence-electron chi connectivity index (χ4n) is 2.29. The number of nitrogens with one attached hydrogen (secondary N) is 1. The van der Waals surface area contributed by atoms with E-state index < -0.39 is 0 Å². The maximum Gasteiger partial charge on any atom is 0.0679 e. The average Bonchev–Trinajstić information content (AvgIpc) is 2.75. The minimum Gasteiger partial charge on any atom is -0.308 e. The highest BCUT2D eigenvalue weighted by Crippen LogP contribution is 2.33. The molecule has 1 N–H and O–H groups in total. The third kappa shape index (κ3) is 17.2. The lowest BCUT2D eigenvalue weighted by molar-refractivity contribution is 0.466. The number of rotatable bonds is 5. The molecule has 2 nitrogen and oxygen atoms in total. The molecule has 0 aromatic carbocycles. The first-order valence-electron chi connectivity index (χ1n) is 12.0. The lowest BCUT2D eigenvalue weighted by Gasteiger charge is -2.24. The Kier molecular flexibility index (Phi) is 27.6. The Balaban J connectivity index is -0.000000347. The fraction of sp³-hybridized carbons (Fsp3) is 0.704. The quantitative estimate of drug-likeness (QED) is 0.441. The maximum absolute atomic E-state index is 7.68. The molecule has 1 rings (SSSR count). The summed E-state index contributed by atoms with van der Waals surface area (Å²) in [6.45, 7) is 29.3. The second-order valence-corrected chi connectivity index (χ2v) is 7.02. The third-order valence-electron chi connectivity index (χ3n) is 4.11. The van der Waals surface area contributed by atoms with E-state index in [9.17, 15) is 0 Å². The van der Waals surface area contributed by atoms with Gasteiger partial charge in [-0.25, -0.2) is 0 Å². The van der Waals surface area contributed by atoms with Gasteiger partial charge in [-0.05, 0) is 30.1 Å². The van der Waals surface area contributed by atoms with Crippen molar-refractivity contribution in [1.29, 1.82) is 5.41 Å². The van der Waals surface area contributed by atoms with Crippen LogP contribution in [0.4, 0.5) is 0 Å². The summed E-state index contributed by atoms with van der Waals surface area (Å²) >= 11 is 0. The highest BCUT2D eigenvalue weighted by molar-refractivity contribution is 5.84. The lowest BCUT2D eigenvalue weighted by Crippen LogP contribution is -2.12. The minimum atomic E-state index is 0.0676. The van der Waals surface area contributed by atoms with E-state index in [1.807, 2.05) is 67.7 Å². The summed E-state index contributed by atoms with van der Waals surface area (Å²) in [5.41, 5.74) is 3.31.